The van der Waals surface area contributed by atoms with Crippen molar-refractivity contribution in [1.82, 2.24) is 0 Å². The van der Waals surface area contributed by atoms with Crippen LogP contribution < -0.4 is 5.32 Å². The Morgan fingerprint density at radius 3 is 1.80 bits per heavy atom. The summed E-state index contributed by atoms with van der Waals surface area (Å²) in [6.45, 7) is 13.2. The molecule has 6 aliphatic rings. The number of hydrogen-bond donors (Lipinski definition) is 1. The first-order valence-electron chi connectivity index (χ1n) is 25.9. The average Bonchev–Trinajstić information content (AvgIpc) is 3.94. The zero-order valence-electron chi connectivity index (χ0n) is 41.8. The zero-order chi connectivity index (χ0) is 48.0. The van der Waals surface area contributed by atoms with Crippen molar-refractivity contribution in [3.63, 3.8) is 0 Å². The van der Waals surface area contributed by atoms with Gasteiger partial charge in [-0.05, 0) is 145 Å². The maximum absolute atomic E-state index is 3.75. The topological polar surface area (TPSA) is 12.0 Å². The first-order valence-corrected chi connectivity index (χ1v) is 25.9. The summed E-state index contributed by atoms with van der Waals surface area (Å²) < 4.78 is 0. The minimum Gasteiger partial charge on any atom is -0.379 e. The van der Waals surface area contributed by atoms with Gasteiger partial charge in [-0.3, -0.25) is 0 Å². The van der Waals surface area contributed by atoms with E-state index in [9.17, 15) is 0 Å². The number of anilines is 1. The third kappa shape index (κ3) is 7.72. The molecule has 0 saturated carbocycles. The minimum atomic E-state index is -0.198. The van der Waals surface area contributed by atoms with Crippen LogP contribution in [0.1, 0.15) is 110 Å². The van der Waals surface area contributed by atoms with Crippen molar-refractivity contribution in [1.29, 1.82) is 0 Å². The van der Waals surface area contributed by atoms with Gasteiger partial charge >= 0.3 is 0 Å². The van der Waals surface area contributed by atoms with Gasteiger partial charge in [0.2, 0.25) is 0 Å². The van der Waals surface area contributed by atoms with E-state index in [-0.39, 0.29) is 16.9 Å². The first-order chi connectivity index (χ1) is 34.3. The Kier molecular flexibility index (Phi) is 12.0. The maximum atomic E-state index is 3.75. The summed E-state index contributed by atoms with van der Waals surface area (Å²) in [5.41, 5.74) is 26.2. The molecule has 1 heteroatoms. The molecule has 0 bridgehead atoms. The predicted octanol–water partition coefficient (Wildman–Crippen LogP) is 17.6. The van der Waals surface area contributed by atoms with Gasteiger partial charge in [0.1, 0.15) is 0 Å². The summed E-state index contributed by atoms with van der Waals surface area (Å²) >= 11 is 0. The van der Waals surface area contributed by atoms with E-state index in [0.717, 1.165) is 25.7 Å². The van der Waals surface area contributed by atoms with Gasteiger partial charge in [-0.1, -0.05) is 240 Å². The molecule has 1 N–H and O–H groups in total. The number of nitrogens with one attached hydrogen (secondary N) is 1. The van der Waals surface area contributed by atoms with Crippen LogP contribution in [0.3, 0.4) is 0 Å². The molecule has 70 heavy (non-hydrogen) atoms. The third-order valence-electron chi connectivity index (χ3n) is 16.0. The van der Waals surface area contributed by atoms with E-state index in [2.05, 4.69) is 245 Å². The van der Waals surface area contributed by atoms with Gasteiger partial charge in [0.25, 0.3) is 0 Å². The molecular formula is C69H65N. The number of allylic oxidation sites excluding steroid dienone is 10. The van der Waals surface area contributed by atoms with Crippen molar-refractivity contribution >= 4 is 16.8 Å². The zero-order valence-corrected chi connectivity index (χ0v) is 41.8. The SMILES string of the molecule is CC.CC1C=C(c2ccc(NC3C=CC(C4=CCC5C(=C4)c4ccccc4C54c5ccccc5C(C)(C)c5ccccc54)=CC3)cc2)C=CC1.Cc1ccc(-c2cccc3c2Cc2ccccc2-3)cc1. The van der Waals surface area contributed by atoms with E-state index < -0.39 is 0 Å². The Labute approximate surface area is 417 Å². The van der Waals surface area contributed by atoms with Crippen LogP contribution in [0.5, 0.6) is 0 Å². The molecule has 1 nitrogen and oxygen atoms in total. The number of rotatable bonds is 5. The Morgan fingerprint density at radius 2 is 1.11 bits per heavy atom. The van der Waals surface area contributed by atoms with Crippen molar-refractivity contribution in [3.05, 3.63) is 279 Å². The van der Waals surface area contributed by atoms with Crippen LogP contribution >= 0.6 is 0 Å². The molecule has 346 valence electrons. The van der Waals surface area contributed by atoms with E-state index in [1.54, 1.807) is 0 Å². The van der Waals surface area contributed by atoms with Crippen LogP contribution in [-0.2, 0) is 17.3 Å². The summed E-state index contributed by atoms with van der Waals surface area (Å²) in [6, 6.07) is 61.3. The molecule has 3 unspecified atom stereocenters. The average molecular weight is 908 g/mol. The van der Waals surface area contributed by atoms with Gasteiger partial charge in [0.15, 0.2) is 0 Å². The van der Waals surface area contributed by atoms with Crippen LogP contribution in [0, 0.1) is 18.8 Å². The fourth-order valence-electron chi connectivity index (χ4n) is 12.6. The van der Waals surface area contributed by atoms with Crippen LogP contribution in [0.15, 0.2) is 224 Å². The molecule has 0 saturated heterocycles. The lowest BCUT2D eigenvalue weighted by Gasteiger charge is -2.49. The quantitative estimate of drug-likeness (QED) is 0.181. The number of benzene rings is 7. The lowest BCUT2D eigenvalue weighted by molar-refractivity contribution is 0.438. The van der Waals surface area contributed by atoms with Gasteiger partial charge in [0, 0.05) is 23.1 Å². The van der Waals surface area contributed by atoms with E-state index in [1.165, 1.54) is 106 Å². The Morgan fingerprint density at radius 1 is 0.514 bits per heavy atom. The summed E-state index contributed by atoms with van der Waals surface area (Å²) in [5, 5.41) is 3.75. The highest BCUT2D eigenvalue weighted by Gasteiger charge is 2.57. The molecule has 1 spiro atoms. The second kappa shape index (κ2) is 18.6. The fraction of sp³-hybridized carbons (Fsp3) is 0.217. The minimum absolute atomic E-state index is 0.0527. The Hall–Kier alpha value is -7.22. The normalized spacial score (nSPS) is 19.9. The standard InChI is InChI=1S/C47H43N.C20H16.C2H6/c1-31-11-10-12-34(29-31)32-19-24-36(25-20-32)48-37-26-21-33(22-27-37)35-23-28-41-39(30-35)38-13-4-5-14-40(38)47(41)44-17-8-6-15-42(44)46(2,3)43-16-7-9-18-45(43)47;1-14-9-11-15(12-10-14)17-7-4-8-19-18-6-3-2-5-16(18)13-20(17)19;1-2/h4-10,12-26,29-31,37,41,48H,11,27-28H2,1-3H3;2-12H,13H2,1H3;1-2H3. The number of hydrogen-bond acceptors (Lipinski definition) is 1. The number of fused-ring (bicyclic) bond motifs is 12. The fourth-order valence-corrected chi connectivity index (χ4v) is 12.6. The van der Waals surface area contributed by atoms with E-state index >= 15 is 0 Å². The highest BCUT2D eigenvalue weighted by Crippen LogP contribution is 2.65. The summed E-state index contributed by atoms with van der Waals surface area (Å²) in [5.74, 6) is 0.959. The van der Waals surface area contributed by atoms with Crippen molar-refractivity contribution in [3.8, 4) is 22.3 Å². The van der Waals surface area contributed by atoms with Gasteiger partial charge in [-0.15, -0.1) is 0 Å². The first kappa shape index (κ1) is 45.2. The molecular weight excluding hydrogens is 843 g/mol. The Balaban J connectivity index is 0.000000201. The van der Waals surface area contributed by atoms with Crippen molar-refractivity contribution in [2.45, 2.75) is 84.1 Å². The second-order valence-electron chi connectivity index (χ2n) is 20.5. The van der Waals surface area contributed by atoms with E-state index in [0.29, 0.717) is 11.8 Å². The van der Waals surface area contributed by atoms with Crippen molar-refractivity contribution < 1.29 is 0 Å². The van der Waals surface area contributed by atoms with Crippen LogP contribution in [0.4, 0.5) is 5.69 Å². The summed E-state index contributed by atoms with van der Waals surface area (Å²) in [4.78, 5) is 0. The summed E-state index contributed by atoms with van der Waals surface area (Å²) in [7, 11) is 0. The molecule has 3 atom stereocenters. The smallest absolute Gasteiger partial charge is 0.0534 e. The predicted molar refractivity (Wildman–Crippen MR) is 298 cm³/mol. The molecule has 0 aliphatic heterocycles. The van der Waals surface area contributed by atoms with Crippen molar-refractivity contribution in [2.24, 2.45) is 11.8 Å². The van der Waals surface area contributed by atoms with Crippen LogP contribution in [0.2, 0.25) is 0 Å². The molecule has 0 heterocycles. The molecule has 0 aromatic heterocycles. The van der Waals surface area contributed by atoms with Gasteiger partial charge in [-0.2, -0.15) is 0 Å². The largest absolute Gasteiger partial charge is 0.379 e. The highest BCUT2D eigenvalue weighted by molar-refractivity contribution is 5.88. The molecule has 0 fully saturated rings. The van der Waals surface area contributed by atoms with Crippen molar-refractivity contribution in [2.75, 3.05) is 5.32 Å². The monoisotopic (exact) mass is 908 g/mol. The molecule has 13 rings (SSSR count). The van der Waals surface area contributed by atoms with E-state index in [1.807, 2.05) is 13.8 Å². The van der Waals surface area contributed by atoms with Gasteiger partial charge in [0.05, 0.1) is 5.41 Å². The van der Waals surface area contributed by atoms with Gasteiger partial charge < -0.3 is 5.32 Å². The van der Waals surface area contributed by atoms with E-state index in [4.69, 9.17) is 0 Å². The van der Waals surface area contributed by atoms with Crippen LogP contribution in [0.25, 0.3) is 33.4 Å². The maximum Gasteiger partial charge on any atom is 0.0534 e. The molecule has 6 aliphatic carbocycles. The Bertz CT molecular complexity index is 3250. The lowest BCUT2D eigenvalue weighted by atomic mass is 9.53. The molecule has 7 aromatic rings. The highest BCUT2D eigenvalue weighted by atomic mass is 14.9. The molecule has 0 amide bonds. The molecule has 0 radical (unpaired) electrons. The second-order valence-corrected chi connectivity index (χ2v) is 20.5. The molecule has 7 aromatic carbocycles. The third-order valence-corrected chi connectivity index (χ3v) is 16.0. The summed E-state index contributed by atoms with van der Waals surface area (Å²) in [6.07, 6.45) is 23.3. The van der Waals surface area contributed by atoms with Crippen LogP contribution in [-0.4, -0.2) is 6.04 Å². The van der Waals surface area contributed by atoms with Gasteiger partial charge in [-0.25, -0.2) is 0 Å². The lowest BCUT2D eigenvalue weighted by Crippen LogP contribution is -2.43. The number of aryl methyl sites for hydroxylation is 1.